The van der Waals surface area contributed by atoms with E-state index in [9.17, 15) is 18.0 Å². The lowest BCUT2D eigenvalue weighted by atomic mass is 10.1. The number of halogens is 3. The molecule has 0 radical (unpaired) electrons. The molecular formula is C19H17F3N4O. The van der Waals surface area contributed by atoms with E-state index in [2.05, 4.69) is 10.1 Å². The van der Waals surface area contributed by atoms with Crippen molar-refractivity contribution in [3.63, 3.8) is 0 Å². The summed E-state index contributed by atoms with van der Waals surface area (Å²) in [6, 6.07) is 11.2. The molecule has 0 fully saturated rings. The predicted molar refractivity (Wildman–Crippen MR) is 94.4 cm³/mol. The minimum atomic E-state index is -4.46. The van der Waals surface area contributed by atoms with E-state index >= 15 is 0 Å². The molecule has 1 amide bonds. The molecule has 0 saturated heterocycles. The van der Waals surface area contributed by atoms with Crippen LogP contribution in [0.15, 0.2) is 61.1 Å². The van der Waals surface area contributed by atoms with Crippen LogP contribution in [0.3, 0.4) is 0 Å². The Kier molecular flexibility index (Phi) is 5.25. The molecule has 0 N–H and O–H groups in total. The molecule has 3 rings (SSSR count). The van der Waals surface area contributed by atoms with Crippen LogP contribution in [0.25, 0.3) is 0 Å². The van der Waals surface area contributed by atoms with E-state index in [1.54, 1.807) is 53.7 Å². The van der Waals surface area contributed by atoms with Gasteiger partial charge in [-0.15, -0.1) is 0 Å². The number of carbonyl (C=O) groups excluding carboxylic acids is 1. The standard InChI is InChI=1S/C19H17F3N4O/c1-2-26(16-4-3-10-23-12-16)18(27)15-7-5-14(6-8-15)13-25-11-9-17(24-25)19(20,21)22/h3-12H,2,13H2,1H3. The van der Waals surface area contributed by atoms with Crippen LogP contribution in [0, 0.1) is 0 Å². The smallest absolute Gasteiger partial charge is 0.307 e. The lowest BCUT2D eigenvalue weighted by Gasteiger charge is -2.20. The number of nitrogens with zero attached hydrogens (tertiary/aromatic N) is 4. The number of aromatic nitrogens is 3. The summed E-state index contributed by atoms with van der Waals surface area (Å²) in [6.45, 7) is 2.54. The summed E-state index contributed by atoms with van der Waals surface area (Å²) < 4.78 is 39.0. The topological polar surface area (TPSA) is 51.0 Å². The Balaban J connectivity index is 1.73. The lowest BCUT2D eigenvalue weighted by molar-refractivity contribution is -0.141. The van der Waals surface area contributed by atoms with E-state index < -0.39 is 11.9 Å². The fraction of sp³-hybridized carbons (Fsp3) is 0.211. The van der Waals surface area contributed by atoms with Crippen LogP contribution in [0.5, 0.6) is 0 Å². The first-order valence-corrected chi connectivity index (χ1v) is 8.30. The molecule has 0 aliphatic rings. The van der Waals surface area contributed by atoms with E-state index in [1.807, 2.05) is 6.92 Å². The van der Waals surface area contributed by atoms with Crippen molar-refractivity contribution in [3.05, 3.63) is 77.9 Å². The molecule has 27 heavy (non-hydrogen) atoms. The van der Waals surface area contributed by atoms with Crippen LogP contribution in [0.4, 0.5) is 18.9 Å². The number of amides is 1. The molecule has 2 aromatic heterocycles. The quantitative estimate of drug-likeness (QED) is 0.678. The van der Waals surface area contributed by atoms with Crippen LogP contribution in [-0.4, -0.2) is 27.2 Å². The molecule has 0 saturated carbocycles. The summed E-state index contributed by atoms with van der Waals surface area (Å²) in [5.74, 6) is -0.171. The van der Waals surface area contributed by atoms with Crippen LogP contribution >= 0.6 is 0 Å². The molecule has 1 aromatic carbocycles. The molecule has 0 spiro atoms. The Labute approximate surface area is 154 Å². The molecule has 5 nitrogen and oxygen atoms in total. The number of alkyl halides is 3. The van der Waals surface area contributed by atoms with E-state index in [0.29, 0.717) is 17.8 Å². The van der Waals surface area contributed by atoms with Crippen LogP contribution < -0.4 is 4.90 Å². The van der Waals surface area contributed by atoms with Crippen LogP contribution in [0.2, 0.25) is 0 Å². The van der Waals surface area contributed by atoms with E-state index in [-0.39, 0.29) is 12.5 Å². The Morgan fingerprint density at radius 2 is 1.89 bits per heavy atom. The number of benzene rings is 1. The highest BCUT2D eigenvalue weighted by molar-refractivity contribution is 6.05. The number of anilines is 1. The maximum absolute atomic E-state index is 12.7. The van der Waals surface area contributed by atoms with Gasteiger partial charge in [-0.1, -0.05) is 12.1 Å². The second-order valence-corrected chi connectivity index (χ2v) is 5.85. The van der Waals surface area contributed by atoms with Gasteiger partial charge in [0.2, 0.25) is 0 Å². The lowest BCUT2D eigenvalue weighted by Crippen LogP contribution is -2.30. The number of pyridine rings is 1. The summed E-state index contributed by atoms with van der Waals surface area (Å²) in [5.41, 5.74) is 1.00. The van der Waals surface area contributed by atoms with Gasteiger partial charge in [0.05, 0.1) is 18.4 Å². The van der Waals surface area contributed by atoms with E-state index in [4.69, 9.17) is 0 Å². The Hall–Kier alpha value is -3.16. The van der Waals surface area contributed by atoms with Crippen molar-refractivity contribution in [3.8, 4) is 0 Å². The van der Waals surface area contributed by atoms with Gasteiger partial charge in [0, 0.05) is 24.5 Å². The van der Waals surface area contributed by atoms with Gasteiger partial charge in [0.25, 0.3) is 5.91 Å². The molecule has 0 bridgehead atoms. The first-order chi connectivity index (χ1) is 12.9. The minimum Gasteiger partial charge on any atom is -0.307 e. The van der Waals surface area contributed by atoms with Gasteiger partial charge in [-0.3, -0.25) is 14.5 Å². The maximum Gasteiger partial charge on any atom is 0.435 e. The molecule has 0 unspecified atom stereocenters. The summed E-state index contributed by atoms with van der Waals surface area (Å²) in [7, 11) is 0. The first kappa shape index (κ1) is 18.6. The SMILES string of the molecule is CCN(C(=O)c1ccc(Cn2ccc(C(F)(F)F)n2)cc1)c1cccnc1. The largest absolute Gasteiger partial charge is 0.435 e. The Bertz CT molecular complexity index is 905. The number of hydrogen-bond acceptors (Lipinski definition) is 3. The zero-order valence-electron chi connectivity index (χ0n) is 14.5. The van der Waals surface area contributed by atoms with Crippen molar-refractivity contribution in [2.45, 2.75) is 19.6 Å². The third kappa shape index (κ3) is 4.33. The van der Waals surface area contributed by atoms with Crippen LogP contribution in [0.1, 0.15) is 28.5 Å². The van der Waals surface area contributed by atoms with Crippen molar-refractivity contribution in [1.82, 2.24) is 14.8 Å². The fourth-order valence-electron chi connectivity index (χ4n) is 2.65. The number of hydrogen-bond donors (Lipinski definition) is 0. The monoisotopic (exact) mass is 374 g/mol. The molecule has 0 atom stereocenters. The molecular weight excluding hydrogens is 357 g/mol. The molecule has 8 heteroatoms. The molecule has 140 valence electrons. The van der Waals surface area contributed by atoms with Crippen LogP contribution in [-0.2, 0) is 12.7 Å². The van der Waals surface area contributed by atoms with E-state index in [0.717, 1.165) is 11.6 Å². The zero-order chi connectivity index (χ0) is 19.4. The van der Waals surface area contributed by atoms with Gasteiger partial charge in [0.1, 0.15) is 0 Å². The Morgan fingerprint density at radius 1 is 1.15 bits per heavy atom. The maximum atomic E-state index is 12.7. The highest BCUT2D eigenvalue weighted by Crippen LogP contribution is 2.27. The highest BCUT2D eigenvalue weighted by atomic mass is 19.4. The van der Waals surface area contributed by atoms with Crippen molar-refractivity contribution < 1.29 is 18.0 Å². The van der Waals surface area contributed by atoms with Gasteiger partial charge in [-0.25, -0.2) is 0 Å². The predicted octanol–water partition coefficient (Wildman–Crippen LogP) is 4.01. The van der Waals surface area contributed by atoms with Crippen molar-refractivity contribution in [2.75, 3.05) is 11.4 Å². The highest BCUT2D eigenvalue weighted by Gasteiger charge is 2.33. The third-order valence-corrected chi connectivity index (χ3v) is 4.00. The molecule has 0 aliphatic heterocycles. The summed E-state index contributed by atoms with van der Waals surface area (Å²) >= 11 is 0. The van der Waals surface area contributed by atoms with Gasteiger partial charge in [-0.05, 0) is 42.8 Å². The number of carbonyl (C=O) groups is 1. The Morgan fingerprint density at radius 3 is 2.44 bits per heavy atom. The van der Waals surface area contributed by atoms with Crippen molar-refractivity contribution in [2.24, 2.45) is 0 Å². The second kappa shape index (κ2) is 7.61. The average Bonchev–Trinajstić information content (AvgIpc) is 3.13. The van der Waals surface area contributed by atoms with Gasteiger partial charge in [-0.2, -0.15) is 18.3 Å². The van der Waals surface area contributed by atoms with Gasteiger partial charge >= 0.3 is 6.18 Å². The normalized spacial score (nSPS) is 11.4. The second-order valence-electron chi connectivity index (χ2n) is 5.85. The third-order valence-electron chi connectivity index (χ3n) is 4.00. The van der Waals surface area contributed by atoms with Crippen molar-refractivity contribution in [1.29, 1.82) is 0 Å². The molecule has 2 heterocycles. The zero-order valence-corrected chi connectivity index (χ0v) is 14.5. The summed E-state index contributed by atoms with van der Waals surface area (Å²) in [5, 5.41) is 3.53. The minimum absolute atomic E-state index is 0.171. The van der Waals surface area contributed by atoms with Gasteiger partial charge in [0.15, 0.2) is 5.69 Å². The molecule has 0 aliphatic carbocycles. The van der Waals surface area contributed by atoms with Crippen molar-refractivity contribution >= 4 is 11.6 Å². The summed E-state index contributed by atoms with van der Waals surface area (Å²) in [4.78, 5) is 18.3. The number of rotatable bonds is 5. The van der Waals surface area contributed by atoms with E-state index in [1.165, 1.54) is 10.9 Å². The summed E-state index contributed by atoms with van der Waals surface area (Å²) in [6.07, 6.45) is 0.0718. The van der Waals surface area contributed by atoms with Gasteiger partial charge < -0.3 is 4.90 Å². The molecule has 3 aromatic rings. The first-order valence-electron chi connectivity index (χ1n) is 8.30. The average molecular weight is 374 g/mol. The fourth-order valence-corrected chi connectivity index (χ4v) is 2.65.